The number of anilines is 2. The maximum Gasteiger partial charge on any atom is 0.270 e. The van der Waals surface area contributed by atoms with Crippen molar-refractivity contribution < 1.29 is 4.92 Å². The molecule has 0 aliphatic heterocycles. The Morgan fingerprint density at radius 3 is 2.67 bits per heavy atom. The lowest BCUT2D eigenvalue weighted by Crippen LogP contribution is -2.13. The average Bonchev–Trinajstić information content (AvgIpc) is 2.54. The third-order valence-electron chi connectivity index (χ3n) is 3.18. The van der Waals surface area contributed by atoms with Gasteiger partial charge in [-0.05, 0) is 0 Å². The van der Waals surface area contributed by atoms with Gasteiger partial charge in [0.25, 0.3) is 5.69 Å². The molecule has 0 atom stereocenters. The molecule has 0 unspecified atom stereocenters. The summed E-state index contributed by atoms with van der Waals surface area (Å²) in [4.78, 5) is 21.1. The second kappa shape index (κ2) is 7.49. The van der Waals surface area contributed by atoms with Crippen molar-refractivity contribution >= 4 is 23.5 Å². The van der Waals surface area contributed by atoms with Crippen molar-refractivity contribution in [3.63, 3.8) is 0 Å². The maximum atomic E-state index is 10.8. The van der Waals surface area contributed by atoms with Crippen LogP contribution in [0, 0.1) is 10.1 Å². The first-order chi connectivity index (χ1) is 11.4. The van der Waals surface area contributed by atoms with Gasteiger partial charge in [0.1, 0.15) is 11.6 Å². The first-order valence-electron chi connectivity index (χ1n) is 7.46. The molecule has 1 aromatic heterocycles. The molecule has 0 spiro atoms. The lowest BCUT2D eigenvalue weighted by atomic mass is 10.2. The largest absolute Gasteiger partial charge is 0.363 e. The van der Waals surface area contributed by atoms with Gasteiger partial charge in [-0.3, -0.25) is 15.5 Å². The lowest BCUT2D eigenvalue weighted by Gasteiger charge is -2.15. The minimum Gasteiger partial charge on any atom is -0.363 e. The quantitative estimate of drug-likeness (QED) is 0.497. The van der Waals surface area contributed by atoms with Gasteiger partial charge in [-0.1, -0.05) is 26.0 Å². The van der Waals surface area contributed by atoms with Crippen LogP contribution in [0.2, 0.25) is 0 Å². The highest BCUT2D eigenvalue weighted by atomic mass is 16.6. The van der Waals surface area contributed by atoms with E-state index in [-0.39, 0.29) is 11.6 Å². The van der Waals surface area contributed by atoms with Crippen molar-refractivity contribution in [3.8, 4) is 0 Å². The standard InChI is InChI=1S/C16H20N6O2/c1-11(2)16-18-14(9-15(19-16)21(3)4)20-17-10-12-6-5-7-13(8-12)22(23)24/h5-11H,1-4H3,(H,18,19,20). The van der Waals surface area contributed by atoms with Crippen LogP contribution in [0.15, 0.2) is 35.4 Å². The topological polar surface area (TPSA) is 96.5 Å². The number of nitro benzene ring substituents is 1. The molecule has 0 aliphatic carbocycles. The predicted octanol–water partition coefficient (Wildman–Crippen LogP) is 3.02. The third-order valence-corrected chi connectivity index (χ3v) is 3.18. The fourth-order valence-electron chi connectivity index (χ4n) is 1.89. The van der Waals surface area contributed by atoms with E-state index in [2.05, 4.69) is 20.5 Å². The van der Waals surface area contributed by atoms with Crippen molar-refractivity contribution in [1.82, 2.24) is 9.97 Å². The smallest absolute Gasteiger partial charge is 0.270 e. The van der Waals surface area contributed by atoms with Gasteiger partial charge in [0.2, 0.25) is 0 Å². The van der Waals surface area contributed by atoms with Gasteiger partial charge in [-0.2, -0.15) is 5.10 Å². The summed E-state index contributed by atoms with van der Waals surface area (Å²) < 4.78 is 0. The van der Waals surface area contributed by atoms with Crippen molar-refractivity contribution in [2.75, 3.05) is 24.4 Å². The molecule has 126 valence electrons. The summed E-state index contributed by atoms with van der Waals surface area (Å²) in [6.45, 7) is 4.04. The van der Waals surface area contributed by atoms with Gasteiger partial charge < -0.3 is 4.90 Å². The SMILES string of the molecule is CC(C)c1nc(NN=Cc2cccc([N+](=O)[O-])c2)cc(N(C)C)n1. The van der Waals surface area contributed by atoms with E-state index in [9.17, 15) is 10.1 Å². The zero-order valence-electron chi connectivity index (χ0n) is 14.1. The van der Waals surface area contributed by atoms with Crippen molar-refractivity contribution in [3.05, 3.63) is 51.8 Å². The summed E-state index contributed by atoms with van der Waals surface area (Å²) in [5, 5.41) is 14.9. The lowest BCUT2D eigenvalue weighted by molar-refractivity contribution is -0.384. The number of hydrogen-bond donors (Lipinski definition) is 1. The van der Waals surface area contributed by atoms with Crippen LogP contribution in [0.25, 0.3) is 0 Å². The molecule has 1 N–H and O–H groups in total. The minimum absolute atomic E-state index is 0.0259. The monoisotopic (exact) mass is 328 g/mol. The minimum atomic E-state index is -0.437. The van der Waals surface area contributed by atoms with Crippen LogP contribution in [0.4, 0.5) is 17.3 Å². The predicted molar refractivity (Wildman–Crippen MR) is 94.8 cm³/mol. The molecule has 2 rings (SSSR count). The van der Waals surface area contributed by atoms with Crippen LogP contribution >= 0.6 is 0 Å². The average molecular weight is 328 g/mol. The molecule has 8 nitrogen and oxygen atoms in total. The number of nitro groups is 1. The van der Waals surface area contributed by atoms with E-state index < -0.39 is 4.92 Å². The molecule has 2 aromatic rings. The molecule has 24 heavy (non-hydrogen) atoms. The number of nitrogens with one attached hydrogen (secondary N) is 1. The fourth-order valence-corrected chi connectivity index (χ4v) is 1.89. The highest BCUT2D eigenvalue weighted by Gasteiger charge is 2.09. The highest BCUT2D eigenvalue weighted by molar-refractivity contribution is 5.81. The Morgan fingerprint density at radius 2 is 2.04 bits per heavy atom. The molecule has 0 saturated carbocycles. The Morgan fingerprint density at radius 1 is 1.29 bits per heavy atom. The van der Waals surface area contributed by atoms with Gasteiger partial charge in [0.15, 0.2) is 5.82 Å². The zero-order valence-corrected chi connectivity index (χ0v) is 14.1. The Balaban J connectivity index is 2.19. The van der Waals surface area contributed by atoms with Crippen molar-refractivity contribution in [2.24, 2.45) is 5.10 Å². The third kappa shape index (κ3) is 4.48. The molecule has 1 aromatic carbocycles. The molecule has 8 heteroatoms. The van der Waals surface area contributed by atoms with Crippen LogP contribution in [0.3, 0.4) is 0 Å². The van der Waals surface area contributed by atoms with Gasteiger partial charge >= 0.3 is 0 Å². The number of non-ortho nitro benzene ring substituents is 1. The summed E-state index contributed by atoms with van der Waals surface area (Å²) in [6.07, 6.45) is 1.51. The molecule has 0 amide bonds. The molecule has 0 aliphatic rings. The molecule has 0 fully saturated rings. The first-order valence-corrected chi connectivity index (χ1v) is 7.46. The molecule has 1 heterocycles. The van der Waals surface area contributed by atoms with E-state index in [1.54, 1.807) is 18.2 Å². The Bertz CT molecular complexity index is 732. The van der Waals surface area contributed by atoms with Crippen LogP contribution in [0.5, 0.6) is 0 Å². The number of aromatic nitrogens is 2. The summed E-state index contributed by atoms with van der Waals surface area (Å²) >= 11 is 0. The van der Waals surface area contributed by atoms with Crippen LogP contribution in [0.1, 0.15) is 31.2 Å². The highest BCUT2D eigenvalue weighted by Crippen LogP contribution is 2.18. The van der Waals surface area contributed by atoms with E-state index in [1.807, 2.05) is 32.8 Å². The number of nitrogens with zero attached hydrogens (tertiary/aromatic N) is 5. The van der Waals surface area contributed by atoms with Crippen LogP contribution in [-0.4, -0.2) is 35.2 Å². The normalized spacial score (nSPS) is 11.0. The fraction of sp³-hybridized carbons (Fsp3) is 0.312. The van der Waals surface area contributed by atoms with Crippen molar-refractivity contribution in [1.29, 1.82) is 0 Å². The first kappa shape index (κ1) is 17.3. The Hall–Kier alpha value is -3.03. The van der Waals surface area contributed by atoms with E-state index in [4.69, 9.17) is 0 Å². The van der Waals surface area contributed by atoms with Gasteiger partial charge in [-0.15, -0.1) is 0 Å². The summed E-state index contributed by atoms with van der Waals surface area (Å²) in [5.74, 6) is 2.25. The summed E-state index contributed by atoms with van der Waals surface area (Å²) in [6, 6.07) is 8.04. The summed E-state index contributed by atoms with van der Waals surface area (Å²) in [7, 11) is 3.81. The van der Waals surface area contributed by atoms with Gasteiger partial charge in [0, 0.05) is 43.8 Å². The molecule has 0 saturated heterocycles. The summed E-state index contributed by atoms with van der Waals surface area (Å²) in [5.41, 5.74) is 3.51. The zero-order chi connectivity index (χ0) is 17.7. The number of hydrogen-bond acceptors (Lipinski definition) is 7. The van der Waals surface area contributed by atoms with Crippen molar-refractivity contribution in [2.45, 2.75) is 19.8 Å². The van der Waals surface area contributed by atoms with Gasteiger partial charge in [-0.25, -0.2) is 9.97 Å². The molecular weight excluding hydrogens is 308 g/mol. The molecule has 0 radical (unpaired) electrons. The van der Waals surface area contributed by atoms with E-state index in [0.29, 0.717) is 17.2 Å². The van der Waals surface area contributed by atoms with E-state index in [1.165, 1.54) is 18.3 Å². The van der Waals surface area contributed by atoms with Gasteiger partial charge in [0.05, 0.1) is 11.1 Å². The van der Waals surface area contributed by atoms with E-state index >= 15 is 0 Å². The Labute approximate surface area is 140 Å². The molecular formula is C16H20N6O2. The second-order valence-electron chi connectivity index (χ2n) is 5.74. The second-order valence-corrected chi connectivity index (χ2v) is 5.74. The number of benzene rings is 1. The van der Waals surface area contributed by atoms with Crippen LogP contribution < -0.4 is 10.3 Å². The van der Waals surface area contributed by atoms with E-state index in [0.717, 1.165) is 5.82 Å². The maximum absolute atomic E-state index is 10.8. The Kier molecular flexibility index (Phi) is 5.41. The number of hydrazone groups is 1. The molecule has 0 bridgehead atoms. The number of rotatable bonds is 6. The van der Waals surface area contributed by atoms with Crippen LogP contribution in [-0.2, 0) is 0 Å².